The molecule has 1 aromatic heterocycles. The first kappa shape index (κ1) is 14.1. The molecule has 0 bridgehead atoms. The predicted octanol–water partition coefficient (Wildman–Crippen LogP) is 4.62. The summed E-state index contributed by atoms with van der Waals surface area (Å²) < 4.78 is 1.09. The molecule has 2 nitrogen and oxygen atoms in total. The van der Waals surface area contributed by atoms with Gasteiger partial charge in [-0.1, -0.05) is 34.1 Å². The van der Waals surface area contributed by atoms with Crippen molar-refractivity contribution in [2.24, 2.45) is 0 Å². The van der Waals surface area contributed by atoms with E-state index in [9.17, 15) is 5.26 Å². The fourth-order valence-corrected chi connectivity index (χ4v) is 3.52. The molecule has 0 spiro atoms. The van der Waals surface area contributed by atoms with E-state index in [-0.39, 0.29) is 0 Å². The van der Waals surface area contributed by atoms with Crippen LogP contribution in [-0.4, -0.2) is 4.98 Å². The van der Waals surface area contributed by atoms with Crippen molar-refractivity contribution < 1.29 is 0 Å². The zero-order valence-electron chi connectivity index (χ0n) is 10.8. The van der Waals surface area contributed by atoms with Gasteiger partial charge in [0.05, 0.1) is 5.56 Å². The van der Waals surface area contributed by atoms with E-state index in [0.717, 1.165) is 26.5 Å². The van der Waals surface area contributed by atoms with Gasteiger partial charge in [0, 0.05) is 15.9 Å². The Morgan fingerprint density at radius 1 is 1.32 bits per heavy atom. The Labute approximate surface area is 126 Å². The average Bonchev–Trinajstić information content (AvgIpc) is 2.37. The zero-order chi connectivity index (χ0) is 13.8. The van der Waals surface area contributed by atoms with Gasteiger partial charge in [0.2, 0.25) is 0 Å². The van der Waals surface area contributed by atoms with Crippen molar-refractivity contribution in [2.75, 3.05) is 0 Å². The molecule has 96 valence electrons. The molecular formula is C15H13BrN2S. The van der Waals surface area contributed by atoms with Gasteiger partial charge in [-0.2, -0.15) is 5.26 Å². The van der Waals surface area contributed by atoms with Crippen LogP contribution in [0.3, 0.4) is 0 Å². The molecule has 0 amide bonds. The van der Waals surface area contributed by atoms with Crippen LogP contribution in [-0.2, 0) is 5.75 Å². The lowest BCUT2D eigenvalue weighted by molar-refractivity contribution is 1.03. The van der Waals surface area contributed by atoms with Crippen molar-refractivity contribution in [1.29, 1.82) is 5.26 Å². The van der Waals surface area contributed by atoms with Gasteiger partial charge in [-0.3, -0.25) is 0 Å². The summed E-state index contributed by atoms with van der Waals surface area (Å²) in [7, 11) is 0. The molecule has 4 heteroatoms. The number of benzene rings is 1. The molecule has 0 aliphatic carbocycles. The number of rotatable bonds is 3. The van der Waals surface area contributed by atoms with Gasteiger partial charge >= 0.3 is 0 Å². The summed E-state index contributed by atoms with van der Waals surface area (Å²) in [5, 5.41) is 10.0. The molecule has 2 rings (SSSR count). The summed E-state index contributed by atoms with van der Waals surface area (Å²) in [6, 6.07) is 12.3. The van der Waals surface area contributed by atoms with Gasteiger partial charge in [0.1, 0.15) is 11.1 Å². The Kier molecular flexibility index (Phi) is 4.62. The molecular weight excluding hydrogens is 320 g/mol. The smallest absolute Gasteiger partial charge is 0.115 e. The zero-order valence-corrected chi connectivity index (χ0v) is 13.2. The van der Waals surface area contributed by atoms with Crippen LogP contribution < -0.4 is 0 Å². The molecule has 0 unspecified atom stereocenters. The standard InChI is InChI=1S/C15H13BrN2S/c1-10-7-11(2)18-15(13(10)8-17)19-9-12-5-3-4-6-14(12)16/h3-7H,9H2,1-2H3. The van der Waals surface area contributed by atoms with Crippen molar-refractivity contribution in [3.05, 3.63) is 57.2 Å². The topological polar surface area (TPSA) is 36.7 Å². The van der Waals surface area contributed by atoms with E-state index in [1.165, 1.54) is 5.56 Å². The minimum atomic E-state index is 0.683. The molecule has 0 aliphatic rings. The molecule has 0 N–H and O–H groups in total. The summed E-state index contributed by atoms with van der Waals surface area (Å²) in [6.45, 7) is 3.91. The molecule has 0 atom stereocenters. The number of thioether (sulfide) groups is 1. The van der Waals surface area contributed by atoms with Crippen LogP contribution in [0.25, 0.3) is 0 Å². The number of hydrogen-bond acceptors (Lipinski definition) is 3. The minimum absolute atomic E-state index is 0.683. The van der Waals surface area contributed by atoms with Gasteiger partial charge in [0.15, 0.2) is 0 Å². The molecule has 0 radical (unpaired) electrons. The van der Waals surface area contributed by atoms with E-state index in [4.69, 9.17) is 0 Å². The minimum Gasteiger partial charge on any atom is -0.245 e. The number of aryl methyl sites for hydroxylation is 2. The molecule has 19 heavy (non-hydrogen) atoms. The third-order valence-corrected chi connectivity index (χ3v) is 4.54. The van der Waals surface area contributed by atoms with Gasteiger partial charge < -0.3 is 0 Å². The van der Waals surface area contributed by atoms with Gasteiger partial charge in [-0.05, 0) is 37.1 Å². The maximum absolute atomic E-state index is 9.23. The first-order chi connectivity index (χ1) is 9.11. The maximum Gasteiger partial charge on any atom is 0.115 e. The lowest BCUT2D eigenvalue weighted by atomic mass is 10.1. The molecule has 2 aromatic rings. The number of nitriles is 1. The third kappa shape index (κ3) is 3.37. The summed E-state index contributed by atoms with van der Waals surface area (Å²) in [5.74, 6) is 0.798. The predicted molar refractivity (Wildman–Crippen MR) is 82.1 cm³/mol. The normalized spacial score (nSPS) is 10.2. The molecule has 1 aromatic carbocycles. The fourth-order valence-electron chi connectivity index (χ4n) is 1.80. The van der Waals surface area contributed by atoms with E-state index in [0.29, 0.717) is 5.56 Å². The third-order valence-electron chi connectivity index (χ3n) is 2.75. The van der Waals surface area contributed by atoms with E-state index in [1.807, 2.05) is 38.1 Å². The van der Waals surface area contributed by atoms with Crippen LogP contribution in [0.2, 0.25) is 0 Å². The second-order valence-corrected chi connectivity index (χ2v) is 6.07. The Hall–Kier alpha value is -1.31. The van der Waals surface area contributed by atoms with Gasteiger partial charge in [-0.25, -0.2) is 4.98 Å². The highest BCUT2D eigenvalue weighted by molar-refractivity contribution is 9.10. The molecule has 0 saturated carbocycles. The number of halogens is 1. The van der Waals surface area contributed by atoms with Crippen molar-refractivity contribution >= 4 is 27.7 Å². The Bertz CT molecular complexity index is 647. The molecule has 0 aliphatic heterocycles. The van der Waals surface area contributed by atoms with Crippen LogP contribution in [0, 0.1) is 25.2 Å². The molecule has 1 heterocycles. The van der Waals surface area contributed by atoms with Crippen LogP contribution in [0.5, 0.6) is 0 Å². The number of hydrogen-bond donors (Lipinski definition) is 0. The van der Waals surface area contributed by atoms with E-state index in [2.05, 4.69) is 33.0 Å². The Morgan fingerprint density at radius 3 is 2.74 bits per heavy atom. The molecule has 0 saturated heterocycles. The van der Waals surface area contributed by atoms with E-state index in [1.54, 1.807) is 11.8 Å². The summed E-state index contributed by atoms with van der Waals surface area (Å²) in [6.07, 6.45) is 0. The number of aromatic nitrogens is 1. The highest BCUT2D eigenvalue weighted by Crippen LogP contribution is 2.29. The second kappa shape index (κ2) is 6.23. The monoisotopic (exact) mass is 332 g/mol. The van der Waals surface area contributed by atoms with Gasteiger partial charge in [0.25, 0.3) is 0 Å². The van der Waals surface area contributed by atoms with Crippen LogP contribution in [0.15, 0.2) is 39.8 Å². The first-order valence-corrected chi connectivity index (χ1v) is 7.64. The molecule has 0 fully saturated rings. The lowest BCUT2D eigenvalue weighted by Gasteiger charge is -2.08. The van der Waals surface area contributed by atoms with Crippen LogP contribution >= 0.6 is 27.7 Å². The highest BCUT2D eigenvalue weighted by Gasteiger charge is 2.10. The lowest BCUT2D eigenvalue weighted by Crippen LogP contribution is -1.95. The highest BCUT2D eigenvalue weighted by atomic mass is 79.9. The quantitative estimate of drug-likeness (QED) is 0.769. The van der Waals surface area contributed by atoms with Gasteiger partial charge in [-0.15, -0.1) is 11.8 Å². The van der Waals surface area contributed by atoms with Crippen molar-refractivity contribution in [1.82, 2.24) is 4.98 Å². The maximum atomic E-state index is 9.23. The van der Waals surface area contributed by atoms with E-state index < -0.39 is 0 Å². The summed E-state index contributed by atoms with van der Waals surface area (Å²) in [4.78, 5) is 4.47. The van der Waals surface area contributed by atoms with Crippen LogP contribution in [0.4, 0.5) is 0 Å². The Balaban J connectivity index is 2.25. The number of pyridine rings is 1. The van der Waals surface area contributed by atoms with E-state index >= 15 is 0 Å². The average molecular weight is 333 g/mol. The summed E-state index contributed by atoms with van der Waals surface area (Å²) >= 11 is 5.14. The fraction of sp³-hybridized carbons (Fsp3) is 0.200. The van der Waals surface area contributed by atoms with Crippen molar-refractivity contribution in [3.63, 3.8) is 0 Å². The second-order valence-electron chi connectivity index (χ2n) is 4.25. The summed E-state index contributed by atoms with van der Waals surface area (Å²) in [5.41, 5.74) is 3.83. The SMILES string of the molecule is Cc1cc(C)c(C#N)c(SCc2ccccc2Br)n1. The number of nitrogens with zero attached hydrogens (tertiary/aromatic N) is 2. The largest absolute Gasteiger partial charge is 0.245 e. The van der Waals surface area contributed by atoms with Crippen molar-refractivity contribution in [3.8, 4) is 6.07 Å². The Morgan fingerprint density at radius 2 is 2.05 bits per heavy atom. The van der Waals surface area contributed by atoms with Crippen molar-refractivity contribution in [2.45, 2.75) is 24.6 Å². The van der Waals surface area contributed by atoms with Crippen LogP contribution in [0.1, 0.15) is 22.4 Å². The first-order valence-electron chi connectivity index (χ1n) is 5.86.